The van der Waals surface area contributed by atoms with Gasteiger partial charge in [-0.05, 0) is 0 Å². The first-order chi connectivity index (χ1) is 5.54. The number of aromatic nitrogens is 2. The van der Waals surface area contributed by atoms with E-state index >= 15 is 0 Å². The van der Waals surface area contributed by atoms with E-state index in [9.17, 15) is 8.78 Å². The molecule has 4 N–H and O–H groups in total. The first kappa shape index (κ1) is 11.1. The number of hydrogen-bond acceptors (Lipinski definition) is 3. The van der Waals surface area contributed by atoms with Crippen molar-refractivity contribution in [2.24, 2.45) is 11.5 Å². The number of rotatable bonds is 1. The molecule has 0 amide bonds. The third-order valence-corrected chi connectivity index (χ3v) is 0.750. The van der Waals surface area contributed by atoms with E-state index in [1.54, 1.807) is 0 Å². The molecule has 0 aliphatic heterocycles. The normalized spacial score (nSPS) is 8.92. The maximum absolute atomic E-state index is 11.5. The molecule has 0 radical (unpaired) electrons. The van der Waals surface area contributed by atoms with Crippen molar-refractivity contribution in [1.29, 1.82) is 0 Å². The van der Waals surface area contributed by atoms with Gasteiger partial charge in [-0.15, -0.1) is 0 Å². The van der Waals surface area contributed by atoms with E-state index in [1.165, 1.54) is 12.4 Å². The molecule has 0 aromatic carbocycles. The molecule has 0 atom stereocenters. The predicted molar refractivity (Wildman–Crippen MR) is 42.6 cm³/mol. The molecule has 7 heteroatoms. The van der Waals surface area contributed by atoms with Gasteiger partial charge in [-0.1, -0.05) is 0 Å². The van der Waals surface area contributed by atoms with E-state index < -0.39 is 6.55 Å². The molecule has 0 spiro atoms. The van der Waals surface area contributed by atoms with Gasteiger partial charge in [0.05, 0.1) is 6.33 Å². The number of nitrogens with zero attached hydrogens (tertiary/aromatic N) is 2. The molecular formula is C5H8F2N4Se. The van der Waals surface area contributed by atoms with Gasteiger partial charge in [0.2, 0.25) is 0 Å². The van der Waals surface area contributed by atoms with Crippen molar-refractivity contribution in [2.45, 2.75) is 6.55 Å². The van der Waals surface area contributed by atoms with Crippen LogP contribution in [0.3, 0.4) is 0 Å². The minimum absolute atomic E-state index is 0.292. The fraction of sp³-hybridized carbons (Fsp3) is 0.200. The van der Waals surface area contributed by atoms with Gasteiger partial charge in [-0.25, -0.2) is 4.98 Å². The Morgan fingerprint density at radius 1 is 1.50 bits per heavy atom. The molecule has 1 aromatic heterocycles. The third kappa shape index (κ3) is 5.82. The zero-order chi connectivity index (χ0) is 9.56. The first-order valence-corrected chi connectivity index (χ1v) is 3.70. The maximum atomic E-state index is 11.5. The summed E-state index contributed by atoms with van der Waals surface area (Å²) < 4.78 is 24.1. The second-order valence-corrected chi connectivity index (χ2v) is 2.68. The number of halogens is 2. The molecule has 4 nitrogen and oxygen atoms in total. The Kier molecular flexibility index (Phi) is 5.23. The summed E-state index contributed by atoms with van der Waals surface area (Å²) in [5.74, 6) is 0. The van der Waals surface area contributed by atoms with Crippen molar-refractivity contribution in [3.05, 3.63) is 18.7 Å². The Bertz CT molecular complexity index is 219. The van der Waals surface area contributed by atoms with Crippen LogP contribution in [-0.4, -0.2) is 29.8 Å². The summed E-state index contributed by atoms with van der Waals surface area (Å²) >= 11 is 2.38. The summed E-state index contributed by atoms with van der Waals surface area (Å²) in [6.07, 6.45) is 3.60. The molecule has 68 valence electrons. The van der Waals surface area contributed by atoms with Crippen LogP contribution in [0.25, 0.3) is 0 Å². The van der Waals surface area contributed by atoms with Crippen molar-refractivity contribution < 1.29 is 8.78 Å². The van der Waals surface area contributed by atoms with Crippen LogP contribution in [0.15, 0.2) is 18.7 Å². The summed E-state index contributed by atoms with van der Waals surface area (Å²) in [5.41, 5.74) is 9.50. The summed E-state index contributed by atoms with van der Waals surface area (Å²) in [6.45, 7) is -2.46. The summed E-state index contributed by atoms with van der Waals surface area (Å²) in [4.78, 5) is 3.43. The average Bonchev–Trinajstić information content (AvgIpc) is 2.34. The Morgan fingerprint density at radius 2 is 2.00 bits per heavy atom. The van der Waals surface area contributed by atoms with Gasteiger partial charge >= 0.3 is 38.3 Å². The average molecular weight is 241 g/mol. The van der Waals surface area contributed by atoms with Gasteiger partial charge in [0.1, 0.15) is 0 Å². The molecular weight excluding hydrogens is 233 g/mol. The third-order valence-electron chi connectivity index (χ3n) is 0.750. The van der Waals surface area contributed by atoms with E-state index in [2.05, 4.69) is 20.6 Å². The first-order valence-electron chi connectivity index (χ1n) is 2.84. The van der Waals surface area contributed by atoms with E-state index in [1.807, 2.05) is 0 Å². The number of imidazole rings is 1. The van der Waals surface area contributed by atoms with Crippen LogP contribution < -0.4 is 11.5 Å². The van der Waals surface area contributed by atoms with Gasteiger partial charge < -0.3 is 0 Å². The molecule has 0 bridgehead atoms. The number of nitrogens with two attached hydrogens (primary N) is 2. The Balaban J connectivity index is 0.000000261. The number of hydrogen-bond donors (Lipinski definition) is 2. The molecule has 1 heterocycles. The summed E-state index contributed by atoms with van der Waals surface area (Å²) in [7, 11) is 0. The molecule has 1 rings (SSSR count). The van der Waals surface area contributed by atoms with Gasteiger partial charge in [-0.2, -0.15) is 8.78 Å². The van der Waals surface area contributed by atoms with Crippen LogP contribution >= 0.6 is 0 Å². The van der Waals surface area contributed by atoms with Gasteiger partial charge in [-0.3, -0.25) is 4.57 Å². The molecule has 0 saturated carbocycles. The van der Waals surface area contributed by atoms with Gasteiger partial charge in [0.15, 0.2) is 0 Å². The Morgan fingerprint density at radius 3 is 2.17 bits per heavy atom. The summed E-state index contributed by atoms with van der Waals surface area (Å²) in [6, 6.07) is 0. The van der Waals surface area contributed by atoms with Crippen molar-refractivity contribution in [2.75, 3.05) is 0 Å². The molecule has 12 heavy (non-hydrogen) atoms. The second kappa shape index (κ2) is 5.68. The second-order valence-electron chi connectivity index (χ2n) is 1.69. The van der Waals surface area contributed by atoms with E-state index in [0.29, 0.717) is 4.67 Å². The SMILES string of the molecule is FC(F)n1ccnc1.NC(N)=[Se]. The topological polar surface area (TPSA) is 69.9 Å². The standard InChI is InChI=1S/C4H4F2N2.CH4N2Se/c5-4(6)8-2-1-7-3-8;2-1(3)4/h1-4H;(H4,2,3,4). The van der Waals surface area contributed by atoms with Crippen LogP contribution in [0.5, 0.6) is 0 Å². The van der Waals surface area contributed by atoms with Gasteiger partial charge in [0, 0.05) is 12.4 Å². The fourth-order valence-electron chi connectivity index (χ4n) is 0.385. The zero-order valence-electron chi connectivity index (χ0n) is 6.02. The van der Waals surface area contributed by atoms with Crippen molar-refractivity contribution in [3.8, 4) is 0 Å². The minimum atomic E-state index is -2.46. The zero-order valence-corrected chi connectivity index (χ0v) is 7.74. The van der Waals surface area contributed by atoms with E-state index in [0.717, 1.165) is 10.9 Å². The quantitative estimate of drug-likeness (QED) is 0.647. The summed E-state index contributed by atoms with van der Waals surface area (Å²) in [5, 5.41) is 0. The molecule has 0 saturated heterocycles. The molecule has 0 aliphatic carbocycles. The Hall–Kier alpha value is -0.941. The van der Waals surface area contributed by atoms with E-state index in [-0.39, 0.29) is 0 Å². The molecule has 0 fully saturated rings. The fourth-order valence-corrected chi connectivity index (χ4v) is 0.385. The van der Waals surface area contributed by atoms with E-state index in [4.69, 9.17) is 11.5 Å². The van der Waals surface area contributed by atoms with Crippen LogP contribution in [0.1, 0.15) is 6.55 Å². The molecule has 1 aromatic rings. The predicted octanol–water partition coefficient (Wildman–Crippen LogP) is -0.562. The van der Waals surface area contributed by atoms with Gasteiger partial charge in [0.25, 0.3) is 0 Å². The van der Waals surface area contributed by atoms with Crippen molar-refractivity contribution in [3.63, 3.8) is 0 Å². The van der Waals surface area contributed by atoms with Crippen molar-refractivity contribution >= 4 is 20.2 Å². The monoisotopic (exact) mass is 242 g/mol. The number of alkyl halides is 2. The Labute approximate surface area is 75.9 Å². The van der Waals surface area contributed by atoms with Crippen molar-refractivity contribution in [1.82, 2.24) is 9.55 Å². The van der Waals surface area contributed by atoms with Crippen LogP contribution in [0.4, 0.5) is 8.78 Å². The van der Waals surface area contributed by atoms with Crippen LogP contribution in [0, 0.1) is 0 Å². The molecule has 0 unspecified atom stereocenters. The van der Waals surface area contributed by atoms with Crippen LogP contribution in [-0.2, 0) is 0 Å². The van der Waals surface area contributed by atoms with Crippen LogP contribution in [0.2, 0.25) is 0 Å². The molecule has 0 aliphatic rings.